The molecule has 19 nitrogen and oxygen atoms in total. The van der Waals surface area contributed by atoms with Gasteiger partial charge in [-0.15, -0.1) is 0 Å². The molecule has 4 aliphatic heterocycles. The lowest BCUT2D eigenvalue weighted by atomic mass is 10.0. The molecule has 0 spiro atoms. The fourth-order valence-electron chi connectivity index (χ4n) is 6.03. The van der Waals surface area contributed by atoms with Crippen molar-refractivity contribution in [2.45, 2.75) is 48.6 Å². The number of ether oxygens (including phenoxy) is 3. The van der Waals surface area contributed by atoms with Crippen LogP contribution in [0.3, 0.4) is 0 Å². The Balaban J connectivity index is 1.14. The second-order valence-electron chi connectivity index (χ2n) is 11.0. The molecule has 0 radical (unpaired) electrons. The van der Waals surface area contributed by atoms with Crippen molar-refractivity contribution in [3.63, 3.8) is 0 Å². The minimum Gasteiger partial charge on any atom is -0.397 e. The van der Waals surface area contributed by atoms with Crippen LogP contribution in [0.5, 0.6) is 0 Å². The van der Waals surface area contributed by atoms with Crippen LogP contribution in [0.25, 0.3) is 22.3 Å². The number of thiol groups is 2. The molecule has 4 fully saturated rings. The summed E-state index contributed by atoms with van der Waals surface area (Å²) in [6.07, 6.45) is -5.56. The van der Waals surface area contributed by atoms with Crippen LogP contribution in [-0.2, 0) is 41.4 Å². The van der Waals surface area contributed by atoms with Crippen LogP contribution in [0.4, 0.5) is 16.0 Å². The van der Waals surface area contributed by atoms with Gasteiger partial charge in [0.25, 0.3) is 5.56 Å². The Kier molecular flexibility index (Phi) is 7.14. The summed E-state index contributed by atoms with van der Waals surface area (Å²) in [5.74, 6) is -0.242. The Bertz CT molecular complexity index is 2030. The lowest BCUT2D eigenvalue weighted by molar-refractivity contribution is -0.182. The summed E-state index contributed by atoms with van der Waals surface area (Å²) in [6.45, 7) is -10.1. The van der Waals surface area contributed by atoms with Gasteiger partial charge in [-0.25, -0.2) is 28.5 Å². The van der Waals surface area contributed by atoms with E-state index in [2.05, 4.69) is 49.4 Å². The third-order valence-electron chi connectivity index (χ3n) is 8.10. The van der Waals surface area contributed by atoms with Gasteiger partial charge in [-0.05, 0) is 6.07 Å². The van der Waals surface area contributed by atoms with Crippen molar-refractivity contribution in [3.05, 3.63) is 35.3 Å². The van der Waals surface area contributed by atoms with Crippen LogP contribution < -0.4 is 17.0 Å². The molecule has 4 aliphatic rings. The average Bonchev–Trinajstić information content (AvgIpc) is 3.80. The molecular weight excluding hydrogens is 695 g/mol. The van der Waals surface area contributed by atoms with Gasteiger partial charge in [-0.3, -0.25) is 37.0 Å². The lowest BCUT2D eigenvalue weighted by Crippen LogP contribution is -2.45. The summed E-state index contributed by atoms with van der Waals surface area (Å²) in [7, 11) is 0. The van der Waals surface area contributed by atoms with Gasteiger partial charge >= 0.3 is 13.6 Å². The van der Waals surface area contributed by atoms with Gasteiger partial charge in [0, 0.05) is 6.20 Å². The van der Waals surface area contributed by atoms with Gasteiger partial charge in [0.05, 0.1) is 38.2 Å². The molecule has 8 heterocycles. The number of halogens is 1. The molecule has 5 N–H and O–H groups in total. The van der Waals surface area contributed by atoms with Crippen molar-refractivity contribution in [2.75, 3.05) is 31.3 Å². The number of hydrogen-bond acceptors (Lipinski definition) is 16. The zero-order chi connectivity index (χ0) is 32.2. The van der Waals surface area contributed by atoms with Crippen molar-refractivity contribution >= 4 is 72.1 Å². The predicted octanol–water partition coefficient (Wildman–Crippen LogP) is 1.52. The Labute approximate surface area is 266 Å². The maximum atomic E-state index is 16.0. The highest BCUT2D eigenvalue weighted by atomic mass is 32.7. The Morgan fingerprint density at radius 3 is 2.52 bits per heavy atom. The summed E-state index contributed by atoms with van der Waals surface area (Å²) < 4.78 is 86.9. The van der Waals surface area contributed by atoms with E-state index in [0.717, 1.165) is 6.33 Å². The number of hydrogen-bond donors (Lipinski definition) is 5. The number of nitrogens with one attached hydrogen (secondary N) is 1. The normalized spacial score (nSPS) is 39.7. The van der Waals surface area contributed by atoms with Crippen LogP contribution in [-0.4, -0.2) is 90.1 Å². The van der Waals surface area contributed by atoms with Crippen molar-refractivity contribution in [1.29, 1.82) is 0 Å². The largest absolute Gasteiger partial charge is 0.397 e. The molecule has 0 amide bonds. The summed E-state index contributed by atoms with van der Waals surface area (Å²) in [4.78, 5) is 31.4. The van der Waals surface area contributed by atoms with E-state index in [1.807, 2.05) is 0 Å². The Hall–Kier alpha value is -2.62. The number of alkyl halides is 1. The van der Waals surface area contributed by atoms with E-state index >= 15 is 4.39 Å². The molecule has 46 heavy (non-hydrogen) atoms. The van der Waals surface area contributed by atoms with Gasteiger partial charge in [0.15, 0.2) is 35.4 Å². The van der Waals surface area contributed by atoms with Crippen LogP contribution in [0.1, 0.15) is 12.5 Å². The van der Waals surface area contributed by atoms with E-state index in [-0.39, 0.29) is 23.7 Å². The quantitative estimate of drug-likeness (QED) is 0.146. The number of pyridine rings is 1. The van der Waals surface area contributed by atoms with E-state index in [0.29, 0.717) is 16.9 Å². The third-order valence-corrected chi connectivity index (χ3v) is 11.3. The summed E-state index contributed by atoms with van der Waals surface area (Å²) >= 11 is 8.25. The number of H-pyrrole nitrogens is 1. The number of anilines is 2. The molecule has 10 atom stereocenters. The van der Waals surface area contributed by atoms with E-state index in [1.54, 1.807) is 10.6 Å². The standard InChI is InChI=1S/C22H24FN9O10P2S2/c23-10-9-3-37-43(34,45)42-15-14-20(31-6-27-11-8(24)1-2-26-16(11)31)40-22(15,4-36-14)5-38-44(35,46)41-13(10)19(39-9)32-7-28-12-17(32)29-21(25)30-18(12)33/h1-2,6-7,9-10,13-15,19-20H,3-5H2,(H2,24,26)(H,34,45)(H,35,46)(H3,25,29,30,33)/t9-,10-,13-,14-,15+,19-,20-,22-,43?,44?/m1/s1. The van der Waals surface area contributed by atoms with Crippen molar-refractivity contribution in [3.8, 4) is 0 Å². The number of aromatic amines is 1. The number of nitrogens with two attached hydrogens (primary N) is 2. The van der Waals surface area contributed by atoms with Crippen molar-refractivity contribution in [2.24, 2.45) is 0 Å². The number of rotatable bonds is 2. The van der Waals surface area contributed by atoms with E-state index < -0.39 is 81.0 Å². The first-order chi connectivity index (χ1) is 21.8. The maximum Gasteiger partial charge on any atom is 0.386 e. The molecule has 2 unspecified atom stereocenters. The number of fused-ring (bicyclic) bond motifs is 4. The van der Waals surface area contributed by atoms with E-state index in [4.69, 9.17) is 43.8 Å². The molecule has 0 aromatic carbocycles. The fraction of sp³-hybridized carbons (Fsp3) is 0.500. The van der Waals surface area contributed by atoms with Gasteiger partial charge in [-0.2, -0.15) is 4.98 Å². The van der Waals surface area contributed by atoms with Crippen LogP contribution in [0, 0.1) is 0 Å². The molecule has 4 saturated heterocycles. The first-order valence-corrected chi connectivity index (χ1v) is 18.9. The highest BCUT2D eigenvalue weighted by Gasteiger charge is 2.66. The highest BCUT2D eigenvalue weighted by Crippen LogP contribution is 2.63. The second-order valence-corrected chi connectivity index (χ2v) is 16.7. The fourth-order valence-corrected chi connectivity index (χ4v) is 9.00. The molecule has 4 aromatic heterocycles. The SMILES string of the molecule is Nc1nc2c(ncn2[C@@H]2O[C@@H]3COP(=O)(S)O[C@H]4[C@H]5OC[C@]4(COP(=O)(S)O[C@@H]2[C@@H]3F)O[C@H]5n2cnc3c(N)ccnc32)c(=O)[nH]1. The lowest BCUT2D eigenvalue weighted by Gasteiger charge is -2.32. The van der Waals surface area contributed by atoms with Gasteiger partial charge in [0.1, 0.15) is 35.5 Å². The molecule has 246 valence electrons. The summed E-state index contributed by atoms with van der Waals surface area (Å²) in [6, 6.07) is 1.59. The minimum absolute atomic E-state index is 0.0719. The Morgan fingerprint density at radius 1 is 0.978 bits per heavy atom. The molecule has 8 rings (SSSR count). The van der Waals surface area contributed by atoms with Gasteiger partial charge < -0.3 is 25.7 Å². The first-order valence-electron chi connectivity index (χ1n) is 13.5. The molecule has 0 aliphatic carbocycles. The van der Waals surface area contributed by atoms with Crippen LogP contribution in [0.2, 0.25) is 0 Å². The third kappa shape index (κ3) is 4.90. The zero-order valence-electron chi connectivity index (χ0n) is 23.1. The predicted molar refractivity (Wildman–Crippen MR) is 161 cm³/mol. The molecule has 4 bridgehead atoms. The second kappa shape index (κ2) is 10.7. The zero-order valence-corrected chi connectivity index (χ0v) is 26.6. The molecule has 4 aromatic rings. The summed E-state index contributed by atoms with van der Waals surface area (Å²) in [5, 5.41) is 0. The van der Waals surface area contributed by atoms with E-state index in [1.165, 1.54) is 17.1 Å². The number of imidazole rings is 2. The van der Waals surface area contributed by atoms with Gasteiger partial charge in [-0.1, -0.05) is 24.5 Å². The number of nitrogen functional groups attached to an aromatic ring is 2. The average molecular weight is 720 g/mol. The molecule has 24 heteroatoms. The topological polar surface area (TPSA) is 245 Å². The first kappa shape index (κ1) is 30.7. The minimum atomic E-state index is -4.44. The number of nitrogens with zero attached hydrogens (tertiary/aromatic N) is 6. The van der Waals surface area contributed by atoms with Crippen molar-refractivity contribution < 1.29 is 45.8 Å². The Morgan fingerprint density at radius 2 is 1.72 bits per heavy atom. The van der Waals surface area contributed by atoms with Crippen molar-refractivity contribution in [1.82, 2.24) is 34.1 Å². The van der Waals surface area contributed by atoms with Crippen LogP contribution in [0.15, 0.2) is 29.7 Å². The molecule has 0 saturated carbocycles. The van der Waals surface area contributed by atoms with Gasteiger partial charge in [0.2, 0.25) is 5.95 Å². The van der Waals surface area contributed by atoms with E-state index in [9.17, 15) is 13.9 Å². The summed E-state index contributed by atoms with van der Waals surface area (Å²) in [5.41, 5.74) is 10.5. The smallest absolute Gasteiger partial charge is 0.386 e. The van der Waals surface area contributed by atoms with Crippen LogP contribution >= 0.6 is 38.1 Å². The monoisotopic (exact) mass is 719 g/mol. The highest BCUT2D eigenvalue weighted by molar-refractivity contribution is 8.44. The maximum absolute atomic E-state index is 16.0. The number of aromatic nitrogens is 7. The molecular formula is C22H24FN9O10P2S2.